The van der Waals surface area contributed by atoms with E-state index in [-0.39, 0.29) is 12.1 Å². The van der Waals surface area contributed by atoms with Crippen molar-refractivity contribution >= 4 is 5.95 Å². The number of aromatic nitrogens is 2. The SMILES string of the molecule is C=C1CN(c2ncc(CN([O-])C3C4CC5CC3CC(O)(C5)C4)c(C3CC3)n2)C[C@@H](C)O1. The Morgan fingerprint density at radius 2 is 2.03 bits per heavy atom. The maximum Gasteiger partial charge on any atom is 0.226 e. The highest BCUT2D eigenvalue weighted by Crippen LogP contribution is 2.57. The summed E-state index contributed by atoms with van der Waals surface area (Å²) >= 11 is 0. The van der Waals surface area contributed by atoms with E-state index in [1.165, 1.54) is 5.06 Å². The fourth-order valence-corrected chi connectivity index (χ4v) is 7.19. The minimum Gasteiger partial charge on any atom is -0.785 e. The molecule has 2 unspecified atom stereocenters. The lowest BCUT2D eigenvalue weighted by Gasteiger charge is -2.62. The van der Waals surface area contributed by atoms with Crippen molar-refractivity contribution in [1.82, 2.24) is 15.0 Å². The van der Waals surface area contributed by atoms with Crippen molar-refractivity contribution in [1.29, 1.82) is 0 Å². The van der Waals surface area contributed by atoms with Crippen LogP contribution in [0.2, 0.25) is 0 Å². The van der Waals surface area contributed by atoms with Gasteiger partial charge in [0.25, 0.3) is 0 Å². The first kappa shape index (κ1) is 19.9. The van der Waals surface area contributed by atoms with Crippen LogP contribution in [0.3, 0.4) is 0 Å². The van der Waals surface area contributed by atoms with Crippen molar-refractivity contribution in [2.75, 3.05) is 18.0 Å². The Kier molecular flexibility index (Phi) is 4.60. The molecular weight excluding hydrogens is 392 g/mol. The zero-order valence-electron chi connectivity index (χ0n) is 18.4. The normalized spacial score (nSPS) is 39.3. The molecular formula is C24H33N4O3-. The number of rotatable bonds is 5. The summed E-state index contributed by atoms with van der Waals surface area (Å²) in [5, 5.41) is 25.6. The molecule has 1 aromatic heterocycles. The molecule has 6 aliphatic rings. The van der Waals surface area contributed by atoms with Crippen LogP contribution in [-0.4, -0.2) is 51.0 Å². The maximum absolute atomic E-state index is 13.4. The molecule has 7 heteroatoms. The van der Waals surface area contributed by atoms with Gasteiger partial charge in [0.1, 0.15) is 11.9 Å². The summed E-state index contributed by atoms with van der Waals surface area (Å²) in [5.41, 5.74) is 1.53. The predicted molar refractivity (Wildman–Crippen MR) is 117 cm³/mol. The van der Waals surface area contributed by atoms with Gasteiger partial charge in [-0.2, -0.15) is 0 Å². The molecule has 0 amide bonds. The number of aliphatic hydroxyl groups is 1. The van der Waals surface area contributed by atoms with Crippen LogP contribution in [0, 0.1) is 23.0 Å². The topological polar surface area (TPSA) is 84.8 Å². The van der Waals surface area contributed by atoms with E-state index in [1.54, 1.807) is 0 Å². The second-order valence-electron chi connectivity index (χ2n) is 11.0. The van der Waals surface area contributed by atoms with Crippen molar-refractivity contribution in [3.05, 3.63) is 35.0 Å². The number of anilines is 1. The minimum atomic E-state index is -0.503. The van der Waals surface area contributed by atoms with Gasteiger partial charge < -0.3 is 25.0 Å². The average Bonchev–Trinajstić information content (AvgIpc) is 3.51. The summed E-state index contributed by atoms with van der Waals surface area (Å²) in [6, 6.07) is 0.0342. The lowest BCUT2D eigenvalue weighted by molar-refractivity contribution is -0.155. The summed E-state index contributed by atoms with van der Waals surface area (Å²) < 4.78 is 5.67. The first-order valence-corrected chi connectivity index (χ1v) is 12.0. The van der Waals surface area contributed by atoms with Gasteiger partial charge in [0.2, 0.25) is 5.95 Å². The van der Waals surface area contributed by atoms with Crippen LogP contribution in [0.25, 0.3) is 0 Å². The molecule has 1 saturated heterocycles. The fourth-order valence-electron chi connectivity index (χ4n) is 7.19. The zero-order chi connectivity index (χ0) is 21.3. The van der Waals surface area contributed by atoms with Gasteiger partial charge in [-0.25, -0.2) is 9.97 Å². The van der Waals surface area contributed by atoms with Gasteiger partial charge in [-0.15, -0.1) is 0 Å². The number of hydrogen-bond acceptors (Lipinski definition) is 7. The standard InChI is InChI=1S/C24H33N4O3/c1-14-11-27(12-15(2)31-14)23-25-10-20(21(26-23)17-3-4-17)13-28(30)22-18-5-16-6-19(22)9-24(29,7-16)8-18/h10,15-19,22,29H,1,3-9,11-13H2,2H3/q-1/t15-,16?,18?,19?,22?,24?/m1/s1. The molecule has 0 radical (unpaired) electrons. The number of hydrogen-bond donors (Lipinski definition) is 1. The molecule has 168 valence electrons. The van der Waals surface area contributed by atoms with E-state index in [0.29, 0.717) is 36.8 Å². The first-order chi connectivity index (χ1) is 14.9. The quantitative estimate of drug-likeness (QED) is 0.724. The molecule has 2 heterocycles. The molecule has 1 aliphatic heterocycles. The van der Waals surface area contributed by atoms with Crippen molar-refractivity contribution in [3.8, 4) is 0 Å². The Hall–Kier alpha value is -1.70. The summed E-state index contributed by atoms with van der Waals surface area (Å²) in [6.07, 6.45) is 8.97. The van der Waals surface area contributed by atoms with E-state index in [9.17, 15) is 10.3 Å². The smallest absolute Gasteiger partial charge is 0.226 e. The highest BCUT2D eigenvalue weighted by molar-refractivity contribution is 5.38. The fraction of sp³-hybridized carbons (Fsp3) is 0.750. The van der Waals surface area contributed by atoms with Gasteiger partial charge in [0.05, 0.1) is 24.4 Å². The number of nitrogens with zero attached hydrogens (tertiary/aromatic N) is 4. The van der Waals surface area contributed by atoms with Gasteiger partial charge in [-0.05, 0) is 69.6 Å². The highest BCUT2D eigenvalue weighted by Gasteiger charge is 2.54. The molecule has 5 saturated carbocycles. The summed E-state index contributed by atoms with van der Waals surface area (Å²) in [4.78, 5) is 11.7. The molecule has 1 N–H and O–H groups in total. The Bertz CT molecular complexity index is 872. The summed E-state index contributed by atoms with van der Waals surface area (Å²) in [5.74, 6) is 3.19. The van der Waals surface area contributed by atoms with Crippen molar-refractivity contribution in [2.24, 2.45) is 17.8 Å². The van der Waals surface area contributed by atoms with E-state index in [2.05, 4.69) is 16.5 Å². The van der Waals surface area contributed by atoms with Crippen molar-refractivity contribution in [3.63, 3.8) is 0 Å². The van der Waals surface area contributed by atoms with Crippen LogP contribution in [0.15, 0.2) is 18.5 Å². The molecule has 4 bridgehead atoms. The van der Waals surface area contributed by atoms with Crippen LogP contribution >= 0.6 is 0 Å². The second-order valence-corrected chi connectivity index (χ2v) is 11.0. The van der Waals surface area contributed by atoms with E-state index < -0.39 is 5.60 Å². The molecule has 1 aromatic rings. The third-order valence-electron chi connectivity index (χ3n) is 8.19. The lowest BCUT2D eigenvalue weighted by Crippen LogP contribution is -2.60. The largest absolute Gasteiger partial charge is 0.785 e. The predicted octanol–water partition coefficient (Wildman–Crippen LogP) is 3.33. The van der Waals surface area contributed by atoms with Gasteiger partial charge in [-0.1, -0.05) is 6.58 Å². The molecule has 31 heavy (non-hydrogen) atoms. The Morgan fingerprint density at radius 1 is 1.29 bits per heavy atom. The van der Waals surface area contributed by atoms with E-state index in [4.69, 9.17) is 9.72 Å². The Balaban J connectivity index is 1.22. The average molecular weight is 426 g/mol. The summed E-state index contributed by atoms with van der Waals surface area (Å²) in [6.45, 7) is 7.72. The number of hydroxylamine groups is 2. The Labute approximate surface area is 184 Å². The van der Waals surface area contributed by atoms with Crippen LogP contribution in [-0.2, 0) is 11.3 Å². The van der Waals surface area contributed by atoms with E-state index >= 15 is 0 Å². The number of ether oxygens (including phenoxy) is 1. The maximum atomic E-state index is 13.4. The second kappa shape index (κ2) is 7.15. The van der Waals surface area contributed by atoms with Crippen LogP contribution < -0.4 is 4.90 Å². The molecule has 0 aromatic carbocycles. The van der Waals surface area contributed by atoms with Crippen molar-refractivity contribution in [2.45, 2.75) is 82.1 Å². The van der Waals surface area contributed by atoms with E-state index in [1.807, 2.05) is 13.1 Å². The Morgan fingerprint density at radius 3 is 2.68 bits per heavy atom. The lowest BCUT2D eigenvalue weighted by atomic mass is 9.52. The third kappa shape index (κ3) is 3.64. The molecule has 0 spiro atoms. The molecule has 7 rings (SSSR count). The van der Waals surface area contributed by atoms with Crippen molar-refractivity contribution < 1.29 is 9.84 Å². The van der Waals surface area contributed by atoms with Crippen LogP contribution in [0.4, 0.5) is 5.95 Å². The van der Waals surface area contributed by atoms with Gasteiger partial charge in [0.15, 0.2) is 0 Å². The van der Waals surface area contributed by atoms with Crippen LogP contribution in [0.1, 0.15) is 69.0 Å². The molecule has 5 aliphatic carbocycles. The third-order valence-corrected chi connectivity index (χ3v) is 8.19. The monoisotopic (exact) mass is 425 g/mol. The van der Waals surface area contributed by atoms with E-state index in [0.717, 1.165) is 74.5 Å². The summed E-state index contributed by atoms with van der Waals surface area (Å²) in [7, 11) is 0. The van der Waals surface area contributed by atoms with Crippen LogP contribution in [0.5, 0.6) is 0 Å². The molecule has 3 atom stereocenters. The van der Waals surface area contributed by atoms with Gasteiger partial charge in [0, 0.05) is 30.3 Å². The number of morpholine rings is 1. The van der Waals surface area contributed by atoms with Gasteiger partial charge >= 0.3 is 0 Å². The van der Waals surface area contributed by atoms with Gasteiger partial charge in [-0.3, -0.25) is 0 Å². The first-order valence-electron chi connectivity index (χ1n) is 12.0. The minimum absolute atomic E-state index is 0.0342. The zero-order valence-corrected chi connectivity index (χ0v) is 18.4. The highest BCUT2D eigenvalue weighted by atomic mass is 16.5. The molecule has 6 fully saturated rings. The molecule has 7 nitrogen and oxygen atoms in total.